The fourth-order valence-electron chi connectivity index (χ4n) is 2.14. The number of methoxy groups -OCH3 is 1. The fraction of sp³-hybridized carbons (Fsp3) is 0.294. The second kappa shape index (κ2) is 6.39. The standard InChI is InChI=1S/C17H20O2/c1-13-4-3-5-15(12-13)17(18)11-8-14-6-9-16(19-2)10-7-14/h3-7,9-10,12,17-18H,8,11H2,1-2H3. The molecule has 0 fully saturated rings. The summed E-state index contributed by atoms with van der Waals surface area (Å²) >= 11 is 0. The number of ether oxygens (including phenoxy) is 1. The van der Waals surface area contributed by atoms with E-state index in [9.17, 15) is 5.11 Å². The normalized spacial score (nSPS) is 12.2. The van der Waals surface area contributed by atoms with Gasteiger partial charge in [0, 0.05) is 0 Å². The van der Waals surface area contributed by atoms with Crippen LogP contribution in [0.2, 0.25) is 0 Å². The van der Waals surface area contributed by atoms with Crippen molar-refractivity contribution >= 4 is 0 Å². The molecule has 100 valence electrons. The first-order chi connectivity index (χ1) is 9.19. The third-order valence-electron chi connectivity index (χ3n) is 3.29. The molecule has 2 rings (SSSR count). The molecule has 1 atom stereocenters. The van der Waals surface area contributed by atoms with Crippen molar-refractivity contribution in [2.75, 3.05) is 7.11 Å². The predicted octanol–water partition coefficient (Wildman–Crippen LogP) is 3.67. The first-order valence-corrected chi connectivity index (χ1v) is 6.56. The van der Waals surface area contributed by atoms with Crippen molar-refractivity contribution in [1.82, 2.24) is 0 Å². The predicted molar refractivity (Wildman–Crippen MR) is 77.5 cm³/mol. The minimum Gasteiger partial charge on any atom is -0.497 e. The van der Waals surface area contributed by atoms with Gasteiger partial charge in [0.25, 0.3) is 0 Å². The number of hydrogen-bond acceptors (Lipinski definition) is 2. The largest absolute Gasteiger partial charge is 0.497 e. The Hall–Kier alpha value is -1.80. The van der Waals surface area contributed by atoms with Crippen molar-refractivity contribution in [3.05, 3.63) is 65.2 Å². The molecule has 0 aliphatic heterocycles. The molecule has 1 unspecified atom stereocenters. The Morgan fingerprint density at radius 2 is 1.84 bits per heavy atom. The van der Waals surface area contributed by atoms with Gasteiger partial charge in [-0.2, -0.15) is 0 Å². The molecule has 2 nitrogen and oxygen atoms in total. The van der Waals surface area contributed by atoms with E-state index in [0.717, 1.165) is 24.2 Å². The molecule has 0 aliphatic carbocycles. The van der Waals surface area contributed by atoms with E-state index in [1.54, 1.807) is 7.11 Å². The van der Waals surface area contributed by atoms with Gasteiger partial charge in [0.2, 0.25) is 0 Å². The Morgan fingerprint density at radius 3 is 2.47 bits per heavy atom. The molecule has 2 aromatic rings. The molecule has 0 bridgehead atoms. The average molecular weight is 256 g/mol. The first-order valence-electron chi connectivity index (χ1n) is 6.56. The van der Waals surface area contributed by atoms with Crippen molar-refractivity contribution in [3.63, 3.8) is 0 Å². The molecule has 0 heterocycles. The summed E-state index contributed by atoms with van der Waals surface area (Å²) in [5.41, 5.74) is 3.39. The van der Waals surface area contributed by atoms with Crippen molar-refractivity contribution < 1.29 is 9.84 Å². The van der Waals surface area contributed by atoms with E-state index in [1.165, 1.54) is 11.1 Å². The zero-order valence-corrected chi connectivity index (χ0v) is 11.5. The monoisotopic (exact) mass is 256 g/mol. The van der Waals surface area contributed by atoms with Gasteiger partial charge >= 0.3 is 0 Å². The summed E-state index contributed by atoms with van der Waals surface area (Å²) in [6, 6.07) is 16.0. The number of aliphatic hydroxyl groups is 1. The molecule has 0 saturated carbocycles. The van der Waals surface area contributed by atoms with Crippen molar-refractivity contribution in [1.29, 1.82) is 0 Å². The van der Waals surface area contributed by atoms with Crippen LogP contribution in [0.3, 0.4) is 0 Å². The van der Waals surface area contributed by atoms with Gasteiger partial charge in [-0.25, -0.2) is 0 Å². The van der Waals surface area contributed by atoms with Crippen molar-refractivity contribution in [3.8, 4) is 5.75 Å². The molecule has 0 aliphatic rings. The summed E-state index contributed by atoms with van der Waals surface area (Å²) < 4.78 is 5.13. The van der Waals surface area contributed by atoms with E-state index in [1.807, 2.05) is 55.5 Å². The van der Waals surface area contributed by atoms with Gasteiger partial charge in [0.1, 0.15) is 5.75 Å². The lowest BCUT2D eigenvalue weighted by Gasteiger charge is -2.12. The second-order valence-corrected chi connectivity index (χ2v) is 4.82. The fourth-order valence-corrected chi connectivity index (χ4v) is 2.14. The van der Waals surface area contributed by atoms with E-state index < -0.39 is 6.10 Å². The number of rotatable bonds is 5. The second-order valence-electron chi connectivity index (χ2n) is 4.82. The highest BCUT2D eigenvalue weighted by Crippen LogP contribution is 2.21. The Bertz CT molecular complexity index is 517. The van der Waals surface area contributed by atoms with Gasteiger partial charge in [-0.15, -0.1) is 0 Å². The highest BCUT2D eigenvalue weighted by atomic mass is 16.5. The van der Waals surface area contributed by atoms with Gasteiger partial charge in [-0.1, -0.05) is 42.0 Å². The molecule has 1 N–H and O–H groups in total. The van der Waals surface area contributed by atoms with Crippen LogP contribution in [-0.2, 0) is 6.42 Å². The lowest BCUT2D eigenvalue weighted by Crippen LogP contribution is -2.00. The number of aryl methyl sites for hydroxylation is 2. The number of benzene rings is 2. The zero-order chi connectivity index (χ0) is 13.7. The summed E-state index contributed by atoms with van der Waals surface area (Å²) in [5, 5.41) is 10.2. The van der Waals surface area contributed by atoms with E-state index >= 15 is 0 Å². The maximum absolute atomic E-state index is 10.2. The van der Waals surface area contributed by atoms with Crippen LogP contribution in [-0.4, -0.2) is 12.2 Å². The van der Waals surface area contributed by atoms with Gasteiger partial charge in [-0.05, 0) is 43.0 Å². The molecule has 2 aromatic carbocycles. The van der Waals surface area contributed by atoms with Gasteiger partial charge in [0.05, 0.1) is 13.2 Å². The molecule has 0 amide bonds. The molecule has 0 aromatic heterocycles. The third kappa shape index (κ3) is 3.83. The van der Waals surface area contributed by atoms with Crippen LogP contribution < -0.4 is 4.74 Å². The smallest absolute Gasteiger partial charge is 0.118 e. The van der Waals surface area contributed by atoms with E-state index in [4.69, 9.17) is 4.74 Å². The summed E-state index contributed by atoms with van der Waals surface area (Å²) in [7, 11) is 1.66. The minimum absolute atomic E-state index is 0.401. The lowest BCUT2D eigenvalue weighted by molar-refractivity contribution is 0.168. The maximum atomic E-state index is 10.2. The van der Waals surface area contributed by atoms with Crippen LogP contribution in [0.5, 0.6) is 5.75 Å². The summed E-state index contributed by atoms with van der Waals surface area (Å²) in [6.07, 6.45) is 1.19. The Labute approximate surface area is 114 Å². The van der Waals surface area contributed by atoms with E-state index in [0.29, 0.717) is 0 Å². The summed E-state index contributed by atoms with van der Waals surface area (Å²) in [6.45, 7) is 2.04. The Kier molecular flexibility index (Phi) is 4.58. The zero-order valence-electron chi connectivity index (χ0n) is 11.5. The van der Waals surface area contributed by atoms with Crippen LogP contribution in [0.1, 0.15) is 29.2 Å². The first kappa shape index (κ1) is 13.6. The Morgan fingerprint density at radius 1 is 1.11 bits per heavy atom. The van der Waals surface area contributed by atoms with E-state index in [-0.39, 0.29) is 0 Å². The van der Waals surface area contributed by atoms with Crippen molar-refractivity contribution in [2.24, 2.45) is 0 Å². The Balaban J connectivity index is 1.94. The van der Waals surface area contributed by atoms with Crippen LogP contribution >= 0.6 is 0 Å². The molecule has 0 spiro atoms. The van der Waals surface area contributed by atoms with Crippen LogP contribution in [0.25, 0.3) is 0 Å². The lowest BCUT2D eigenvalue weighted by atomic mass is 10.00. The topological polar surface area (TPSA) is 29.5 Å². The van der Waals surface area contributed by atoms with Gasteiger partial charge in [-0.3, -0.25) is 0 Å². The van der Waals surface area contributed by atoms with Crippen LogP contribution in [0.15, 0.2) is 48.5 Å². The minimum atomic E-state index is -0.401. The highest BCUT2D eigenvalue weighted by molar-refractivity contribution is 5.28. The van der Waals surface area contributed by atoms with Crippen LogP contribution in [0.4, 0.5) is 0 Å². The summed E-state index contributed by atoms with van der Waals surface area (Å²) in [5.74, 6) is 0.864. The van der Waals surface area contributed by atoms with Gasteiger partial charge < -0.3 is 9.84 Å². The molecular formula is C17H20O2. The number of hydrogen-bond donors (Lipinski definition) is 1. The maximum Gasteiger partial charge on any atom is 0.118 e. The van der Waals surface area contributed by atoms with Crippen LogP contribution in [0, 0.1) is 6.92 Å². The highest BCUT2D eigenvalue weighted by Gasteiger charge is 2.07. The molecule has 2 heteroatoms. The van der Waals surface area contributed by atoms with E-state index in [2.05, 4.69) is 0 Å². The molecule has 0 radical (unpaired) electrons. The van der Waals surface area contributed by atoms with Crippen molar-refractivity contribution in [2.45, 2.75) is 25.9 Å². The third-order valence-corrected chi connectivity index (χ3v) is 3.29. The average Bonchev–Trinajstić information content (AvgIpc) is 2.45. The quantitative estimate of drug-likeness (QED) is 0.884. The molecule has 19 heavy (non-hydrogen) atoms. The van der Waals surface area contributed by atoms with Gasteiger partial charge in [0.15, 0.2) is 0 Å². The SMILES string of the molecule is COc1ccc(CCC(O)c2cccc(C)c2)cc1. The number of aliphatic hydroxyl groups excluding tert-OH is 1. The molecular weight excluding hydrogens is 236 g/mol. The summed E-state index contributed by atoms with van der Waals surface area (Å²) in [4.78, 5) is 0. The molecule has 0 saturated heterocycles.